The lowest BCUT2D eigenvalue weighted by Crippen LogP contribution is -2.20. The number of halogens is 1. The molecule has 0 radical (unpaired) electrons. The molecule has 0 atom stereocenters. The molecule has 0 fully saturated rings. The van der Waals surface area contributed by atoms with Crippen molar-refractivity contribution >= 4 is 22.5 Å². The van der Waals surface area contributed by atoms with Gasteiger partial charge in [-0.05, 0) is 43.2 Å². The Hall–Kier alpha value is -2.33. The normalized spacial score (nSPS) is 10.8. The van der Waals surface area contributed by atoms with Gasteiger partial charge in [-0.3, -0.25) is 9.36 Å². The van der Waals surface area contributed by atoms with Gasteiger partial charge in [-0.15, -0.1) is 0 Å². The first kappa shape index (κ1) is 15.6. The number of aryl methyl sites for hydroxylation is 1. The first-order chi connectivity index (χ1) is 11.2. The number of rotatable bonds is 6. The summed E-state index contributed by atoms with van der Waals surface area (Å²) in [5.74, 6) is 0.766. The summed E-state index contributed by atoms with van der Waals surface area (Å²) in [7, 11) is 0. The maximum absolute atomic E-state index is 12.3. The van der Waals surface area contributed by atoms with Gasteiger partial charge in [-0.1, -0.05) is 29.8 Å². The smallest absolute Gasteiger partial charge is 0.261 e. The summed E-state index contributed by atoms with van der Waals surface area (Å²) in [6, 6.07) is 14.7. The Labute approximate surface area is 139 Å². The summed E-state index contributed by atoms with van der Waals surface area (Å²) in [5, 5.41) is 1.32. The quantitative estimate of drug-likeness (QED) is 0.644. The Morgan fingerprint density at radius 2 is 1.96 bits per heavy atom. The van der Waals surface area contributed by atoms with E-state index in [1.165, 1.54) is 0 Å². The predicted molar refractivity (Wildman–Crippen MR) is 92.2 cm³/mol. The van der Waals surface area contributed by atoms with E-state index in [0.717, 1.165) is 24.1 Å². The molecule has 0 bridgehead atoms. The van der Waals surface area contributed by atoms with Crippen LogP contribution in [-0.2, 0) is 6.54 Å². The summed E-state index contributed by atoms with van der Waals surface area (Å²) >= 11 is 5.91. The molecule has 118 valence electrons. The van der Waals surface area contributed by atoms with E-state index < -0.39 is 0 Å². The van der Waals surface area contributed by atoms with Crippen molar-refractivity contribution in [1.29, 1.82) is 0 Å². The lowest BCUT2D eigenvalue weighted by Gasteiger charge is -2.08. The largest absolute Gasteiger partial charge is 0.494 e. The minimum atomic E-state index is 0.00589. The van der Waals surface area contributed by atoms with Gasteiger partial charge >= 0.3 is 0 Å². The Kier molecular flexibility index (Phi) is 4.93. The second kappa shape index (κ2) is 7.29. The van der Waals surface area contributed by atoms with Crippen LogP contribution in [0.5, 0.6) is 5.75 Å². The molecule has 0 N–H and O–H groups in total. The number of hydrogen-bond acceptors (Lipinski definition) is 3. The second-order valence-corrected chi connectivity index (χ2v) is 5.71. The molecule has 0 amide bonds. The lowest BCUT2D eigenvalue weighted by atomic mass is 10.2. The molecule has 0 aliphatic carbocycles. The molecule has 0 aliphatic rings. The zero-order chi connectivity index (χ0) is 16.1. The summed E-state index contributed by atoms with van der Waals surface area (Å²) in [6.45, 7) is 1.23. The van der Waals surface area contributed by atoms with Crippen LogP contribution >= 0.6 is 11.6 Å². The molecular weight excluding hydrogens is 312 g/mol. The maximum atomic E-state index is 12.3. The van der Waals surface area contributed by atoms with Gasteiger partial charge in [-0.2, -0.15) is 0 Å². The number of unbranched alkanes of at least 4 members (excludes halogenated alkanes) is 1. The third-order valence-corrected chi connectivity index (χ3v) is 3.82. The van der Waals surface area contributed by atoms with E-state index in [9.17, 15) is 4.79 Å². The number of para-hydroxylation sites is 1. The molecule has 4 nitrogen and oxygen atoms in total. The third kappa shape index (κ3) is 3.90. The van der Waals surface area contributed by atoms with E-state index in [0.29, 0.717) is 23.6 Å². The zero-order valence-corrected chi connectivity index (χ0v) is 13.4. The number of nitrogens with zero attached hydrogens (tertiary/aromatic N) is 2. The van der Waals surface area contributed by atoms with Crippen LogP contribution in [0.4, 0.5) is 0 Å². The molecule has 1 aromatic heterocycles. The molecule has 2 aromatic carbocycles. The van der Waals surface area contributed by atoms with Crippen molar-refractivity contribution in [2.75, 3.05) is 6.61 Å². The van der Waals surface area contributed by atoms with E-state index >= 15 is 0 Å². The van der Waals surface area contributed by atoms with Gasteiger partial charge in [-0.25, -0.2) is 4.98 Å². The highest BCUT2D eigenvalue weighted by molar-refractivity contribution is 6.30. The van der Waals surface area contributed by atoms with E-state index in [4.69, 9.17) is 16.3 Å². The number of aromatic nitrogens is 2. The summed E-state index contributed by atoms with van der Waals surface area (Å²) in [4.78, 5) is 16.6. The molecule has 0 saturated carbocycles. The second-order valence-electron chi connectivity index (χ2n) is 5.27. The van der Waals surface area contributed by atoms with Crippen LogP contribution in [0.15, 0.2) is 59.7 Å². The lowest BCUT2D eigenvalue weighted by molar-refractivity contribution is 0.303. The van der Waals surface area contributed by atoms with Crippen LogP contribution in [0.2, 0.25) is 5.02 Å². The highest BCUT2D eigenvalue weighted by atomic mass is 35.5. The number of benzene rings is 2. The topological polar surface area (TPSA) is 44.1 Å². The standard InChI is InChI=1S/C18H17ClN2O2/c19-14-6-5-7-15(12-14)23-11-4-3-10-21-13-20-17-9-2-1-8-16(17)18(21)22/h1-2,5-9,12-13H,3-4,10-11H2. The highest BCUT2D eigenvalue weighted by Gasteiger charge is 2.03. The molecule has 0 spiro atoms. The minimum Gasteiger partial charge on any atom is -0.494 e. The Morgan fingerprint density at radius 3 is 2.83 bits per heavy atom. The van der Waals surface area contributed by atoms with E-state index in [2.05, 4.69) is 4.98 Å². The fourth-order valence-corrected chi connectivity index (χ4v) is 2.58. The average molecular weight is 329 g/mol. The predicted octanol–water partition coefficient (Wildman–Crippen LogP) is 3.91. The van der Waals surface area contributed by atoms with E-state index in [-0.39, 0.29) is 5.56 Å². The Morgan fingerprint density at radius 1 is 1.09 bits per heavy atom. The van der Waals surface area contributed by atoms with Crippen molar-refractivity contribution in [1.82, 2.24) is 9.55 Å². The van der Waals surface area contributed by atoms with Gasteiger partial charge in [0.25, 0.3) is 5.56 Å². The Bertz CT molecular complexity index is 861. The van der Waals surface area contributed by atoms with Crippen molar-refractivity contribution < 1.29 is 4.74 Å². The molecule has 0 saturated heterocycles. The minimum absolute atomic E-state index is 0.00589. The van der Waals surface area contributed by atoms with Crippen molar-refractivity contribution in [3.8, 4) is 5.75 Å². The summed E-state index contributed by atoms with van der Waals surface area (Å²) < 4.78 is 7.29. The van der Waals surface area contributed by atoms with Crippen LogP contribution in [-0.4, -0.2) is 16.2 Å². The van der Waals surface area contributed by atoms with Gasteiger partial charge in [0.1, 0.15) is 5.75 Å². The Balaban J connectivity index is 1.53. The van der Waals surface area contributed by atoms with E-state index in [1.807, 2.05) is 42.5 Å². The van der Waals surface area contributed by atoms with Crippen LogP contribution in [0, 0.1) is 0 Å². The van der Waals surface area contributed by atoms with Crippen molar-refractivity contribution in [3.63, 3.8) is 0 Å². The van der Waals surface area contributed by atoms with Crippen LogP contribution in [0.25, 0.3) is 10.9 Å². The highest BCUT2D eigenvalue weighted by Crippen LogP contribution is 2.17. The fraction of sp³-hybridized carbons (Fsp3) is 0.222. The van der Waals surface area contributed by atoms with Gasteiger partial charge < -0.3 is 4.74 Å². The molecule has 5 heteroatoms. The number of ether oxygens (including phenoxy) is 1. The molecule has 3 rings (SSSR count). The molecule has 0 unspecified atom stereocenters. The van der Waals surface area contributed by atoms with Crippen molar-refractivity contribution in [2.45, 2.75) is 19.4 Å². The molecule has 3 aromatic rings. The zero-order valence-electron chi connectivity index (χ0n) is 12.6. The molecule has 23 heavy (non-hydrogen) atoms. The number of fused-ring (bicyclic) bond motifs is 1. The summed E-state index contributed by atoms with van der Waals surface area (Å²) in [6.07, 6.45) is 3.31. The van der Waals surface area contributed by atoms with Gasteiger partial charge in [0.05, 0.1) is 23.8 Å². The molecular formula is C18H17ClN2O2. The van der Waals surface area contributed by atoms with E-state index in [1.54, 1.807) is 17.0 Å². The van der Waals surface area contributed by atoms with Gasteiger partial charge in [0, 0.05) is 11.6 Å². The van der Waals surface area contributed by atoms with Gasteiger partial charge in [0.15, 0.2) is 0 Å². The first-order valence-electron chi connectivity index (χ1n) is 7.56. The third-order valence-electron chi connectivity index (χ3n) is 3.59. The van der Waals surface area contributed by atoms with Crippen LogP contribution < -0.4 is 10.3 Å². The fourth-order valence-electron chi connectivity index (χ4n) is 2.40. The average Bonchev–Trinajstić information content (AvgIpc) is 2.57. The maximum Gasteiger partial charge on any atom is 0.261 e. The van der Waals surface area contributed by atoms with Crippen LogP contribution in [0.3, 0.4) is 0 Å². The van der Waals surface area contributed by atoms with Gasteiger partial charge in [0.2, 0.25) is 0 Å². The SMILES string of the molecule is O=c1c2ccccc2ncn1CCCCOc1cccc(Cl)c1. The van der Waals surface area contributed by atoms with Crippen molar-refractivity contribution in [2.24, 2.45) is 0 Å². The number of hydrogen-bond donors (Lipinski definition) is 0. The molecule has 0 aliphatic heterocycles. The molecule has 1 heterocycles. The monoisotopic (exact) mass is 328 g/mol. The summed E-state index contributed by atoms with van der Waals surface area (Å²) in [5.41, 5.74) is 0.740. The van der Waals surface area contributed by atoms with Crippen LogP contribution in [0.1, 0.15) is 12.8 Å². The first-order valence-corrected chi connectivity index (χ1v) is 7.94. The van der Waals surface area contributed by atoms with Crippen molar-refractivity contribution in [3.05, 3.63) is 70.2 Å².